The number of aromatic nitrogens is 3. The maximum Gasteiger partial charge on any atom is 0.252 e. The van der Waals surface area contributed by atoms with E-state index in [2.05, 4.69) is 88.6 Å². The van der Waals surface area contributed by atoms with Crippen LogP contribution in [0.2, 0.25) is 0 Å². The average Bonchev–Trinajstić information content (AvgIpc) is 1.20. The number of hydrogen-bond acceptors (Lipinski definition) is 5. The summed E-state index contributed by atoms with van der Waals surface area (Å²) in [7, 11) is 0. The van der Waals surface area contributed by atoms with Gasteiger partial charge in [0.15, 0.2) is 0 Å². The minimum atomic E-state index is -0.964. The number of para-hydroxylation sites is 3. The third-order valence-electron chi connectivity index (χ3n) is 20.3. The number of nitrogens with zero attached hydrogens (tertiary/aromatic N) is 7. The summed E-state index contributed by atoms with van der Waals surface area (Å²) >= 11 is 0. The Kier molecular flexibility index (Phi) is 9.85. The lowest BCUT2D eigenvalue weighted by atomic mass is 9.33. The van der Waals surface area contributed by atoms with E-state index in [4.69, 9.17) is 6.85 Å². The Morgan fingerprint density at radius 3 is 1.51 bits per heavy atom. The van der Waals surface area contributed by atoms with Gasteiger partial charge in [0.05, 0.1) is 87.7 Å². The topological polar surface area (TPSA) is 89.1 Å². The second kappa shape index (κ2) is 23.0. The molecule has 0 spiro atoms. The second-order valence-electron chi connectivity index (χ2n) is 28.3. The van der Waals surface area contributed by atoms with Gasteiger partial charge in [-0.25, -0.2) is 0 Å². The number of aromatic hydroxyl groups is 1. The van der Waals surface area contributed by atoms with Gasteiger partial charge in [0.25, 0.3) is 6.71 Å². The summed E-state index contributed by atoms with van der Waals surface area (Å²) < 4.78 is 184. The summed E-state index contributed by atoms with van der Waals surface area (Å²) in [6, 6.07) is 49.8. The van der Waals surface area contributed by atoms with Gasteiger partial charge in [0.2, 0.25) is 0 Å². The van der Waals surface area contributed by atoms with Crippen LogP contribution >= 0.6 is 0 Å². The fourth-order valence-corrected chi connectivity index (χ4v) is 15.5. The number of benzene rings is 14. The van der Waals surface area contributed by atoms with Gasteiger partial charge in [-0.3, -0.25) is 0 Å². The number of nitriles is 2. The molecule has 5 heterocycles. The van der Waals surface area contributed by atoms with Crippen LogP contribution in [0.3, 0.4) is 0 Å². The summed E-state index contributed by atoms with van der Waals surface area (Å²) in [6.07, 6.45) is 0. The van der Waals surface area contributed by atoms with Crippen LogP contribution in [-0.4, -0.2) is 25.5 Å². The van der Waals surface area contributed by atoms with Crippen molar-refractivity contribution in [3.8, 4) is 68.3 Å². The SMILES string of the molecule is [2H]c1c([2H])c([2H])c(-c2ccc3c(c2)N(c2cc(-c4ccccc4)cc(-c4ccccc4)c2)c2cc(-n4c5c([2H])c([2H])c([2H])c([2H])c5c5c([2H])c([2H])c([2H])c([2H])c54)cc4c2B3c2ccc(-n3c5ccc(C(C)(C)C)cc5c5cc(C(C)(C)C)ccc53)cc2N4c2cc(-n3c4c([2H])c([2H])c(C#N)c([2H])c4c4c([2H])c([2H])c([2H])c(O)c43)ccc2C#N)c([2H])c1[2H]. The van der Waals surface area contributed by atoms with Crippen LogP contribution in [0.1, 0.15) is 89.8 Å². The molecule has 2 aliphatic rings. The van der Waals surface area contributed by atoms with E-state index in [9.17, 15) is 34.8 Å². The number of fused-ring (bicyclic) bond motifs is 13. The fourth-order valence-electron chi connectivity index (χ4n) is 15.5. The van der Waals surface area contributed by atoms with E-state index < -0.39 is 133 Å². The molecule has 488 valence electrons. The Balaban J connectivity index is 1.04. The van der Waals surface area contributed by atoms with Crippen LogP contribution < -0.4 is 26.2 Å². The first-order valence-electron chi connectivity index (χ1n) is 43.3. The van der Waals surface area contributed by atoms with Gasteiger partial charge in [0.1, 0.15) is 11.8 Å². The molecule has 8 nitrogen and oxygen atoms in total. The van der Waals surface area contributed by atoms with Crippen LogP contribution in [0, 0.1) is 22.7 Å². The van der Waals surface area contributed by atoms with Crippen molar-refractivity contribution in [2.24, 2.45) is 0 Å². The first-order chi connectivity index (χ1) is 58.1. The highest BCUT2D eigenvalue weighted by molar-refractivity contribution is 7.00. The van der Waals surface area contributed by atoms with Crippen molar-refractivity contribution in [1.29, 1.82) is 10.5 Å². The predicted molar refractivity (Wildman–Crippen MR) is 428 cm³/mol. The van der Waals surface area contributed by atoms with Crippen molar-refractivity contribution < 1.29 is 31.2 Å². The van der Waals surface area contributed by atoms with Gasteiger partial charge in [-0.2, -0.15) is 10.5 Å². The van der Waals surface area contributed by atoms with Gasteiger partial charge in [-0.15, -0.1) is 0 Å². The quantitative estimate of drug-likeness (QED) is 0.153. The predicted octanol–water partition coefficient (Wildman–Crippen LogP) is 22.1. The first-order valence-corrected chi connectivity index (χ1v) is 33.8. The molecule has 1 N–H and O–H groups in total. The molecule has 0 aliphatic carbocycles. The van der Waals surface area contributed by atoms with Gasteiger partial charge in [-0.05, 0) is 199 Å². The van der Waals surface area contributed by atoms with Crippen molar-refractivity contribution in [3.63, 3.8) is 0 Å². The van der Waals surface area contributed by atoms with E-state index in [1.54, 1.807) is 30.3 Å². The highest BCUT2D eigenvalue weighted by Crippen LogP contribution is 2.51. The molecule has 14 aromatic carbocycles. The molecular weight excluding hydrogens is 1250 g/mol. The fraction of sp³-hybridized carbons (Fsp3) is 0.0851. The molecule has 19 rings (SSSR count). The Bertz CT molecular complexity index is 7490. The second-order valence-corrected chi connectivity index (χ2v) is 28.3. The maximum absolute atomic E-state index is 12.5. The molecule has 0 atom stereocenters. The van der Waals surface area contributed by atoms with Gasteiger partial charge in [-0.1, -0.05) is 211 Å². The molecule has 0 saturated carbocycles. The zero-order chi connectivity index (χ0) is 86.3. The van der Waals surface area contributed by atoms with Crippen LogP contribution in [0.5, 0.6) is 5.75 Å². The van der Waals surface area contributed by atoms with E-state index in [0.29, 0.717) is 44.8 Å². The summed E-state index contributed by atoms with van der Waals surface area (Å²) in [5.41, 5.74) is 8.70. The maximum atomic E-state index is 12.5. The Hall–Kier alpha value is -13.1. The lowest BCUT2D eigenvalue weighted by Crippen LogP contribution is -2.61. The minimum Gasteiger partial charge on any atom is -0.506 e. The Morgan fingerprint density at radius 1 is 0.359 bits per heavy atom. The molecule has 17 aromatic rings. The number of rotatable bonds is 8. The van der Waals surface area contributed by atoms with E-state index in [-0.39, 0.29) is 93.9 Å². The normalized spacial score (nSPS) is 15.3. The molecule has 0 radical (unpaired) electrons. The zero-order valence-corrected chi connectivity index (χ0v) is 56.5. The number of phenols is 1. The molecular formula is C94H68BN7O. The summed E-state index contributed by atoms with van der Waals surface area (Å²) in [4.78, 5) is 3.80. The molecule has 2 aliphatic heterocycles. The van der Waals surface area contributed by atoms with Crippen molar-refractivity contribution in [3.05, 3.63) is 319 Å². The molecule has 9 heteroatoms. The summed E-state index contributed by atoms with van der Waals surface area (Å²) in [5, 5.41) is 36.1. The molecule has 0 fully saturated rings. The zero-order valence-electron chi connectivity index (χ0n) is 75.5. The van der Waals surface area contributed by atoms with Crippen LogP contribution in [0.15, 0.2) is 297 Å². The largest absolute Gasteiger partial charge is 0.506 e. The highest BCUT2D eigenvalue weighted by Gasteiger charge is 2.45. The average molecular weight is 1340 g/mol. The lowest BCUT2D eigenvalue weighted by molar-refractivity contribution is 0.480. The van der Waals surface area contributed by atoms with E-state index in [1.165, 1.54) is 21.3 Å². The summed E-state index contributed by atoms with van der Waals surface area (Å²) in [5.74, 6) is -0.845. The van der Waals surface area contributed by atoms with Crippen LogP contribution in [0.25, 0.3) is 116 Å². The van der Waals surface area contributed by atoms with E-state index in [0.717, 1.165) is 55.2 Å². The molecule has 0 amide bonds. The van der Waals surface area contributed by atoms with Crippen LogP contribution in [-0.2, 0) is 10.8 Å². The number of hydrogen-bond donors (Lipinski definition) is 1. The molecule has 3 aromatic heterocycles. The van der Waals surface area contributed by atoms with Gasteiger partial charge >= 0.3 is 0 Å². The standard InChI is InChI=1S/C94H68BN7O/c1-93(2,3)66-36-43-82-76(50-66)77-51-67(94(4,5)6)37-44-83(77)98(82)68-39-41-79-87(53-68)102(85-52-69(38-34-63(85)57-97)101-84-42-33-58(56-96)45-75(84)74-29-20-32-90(103)92(74)101)89-55-71(99-80-30-18-16-27-72(80)73-28-17-19-31-81(73)99)54-88-91(89)95(79)78-40-35-62(59-21-10-7-11-22-59)49-86(78)100(88)70-47-64(60-23-12-8-13-24-60)46-65(48-70)61-25-14-9-15-26-61/h7-55,103H,1-6H3/i7D,10D,11D,16D,17D,18D,19D,20D,21D,22D,27D,28D,29D,30D,31D,32D,33D,42D,45D. The van der Waals surface area contributed by atoms with Crippen molar-refractivity contribution in [1.82, 2.24) is 13.7 Å². The Labute approximate surface area is 625 Å². The van der Waals surface area contributed by atoms with Gasteiger partial charge in [0, 0.05) is 72.1 Å². The van der Waals surface area contributed by atoms with Crippen molar-refractivity contribution in [2.75, 3.05) is 9.80 Å². The number of anilines is 6. The Morgan fingerprint density at radius 2 is 0.893 bits per heavy atom. The lowest BCUT2D eigenvalue weighted by Gasteiger charge is -2.45. The highest BCUT2D eigenvalue weighted by atomic mass is 16.3. The summed E-state index contributed by atoms with van der Waals surface area (Å²) in [6.45, 7) is 11.9. The van der Waals surface area contributed by atoms with E-state index >= 15 is 0 Å². The molecule has 103 heavy (non-hydrogen) atoms. The first kappa shape index (κ1) is 44.1. The smallest absolute Gasteiger partial charge is 0.252 e. The molecule has 0 bridgehead atoms. The molecule has 0 unspecified atom stereocenters. The monoisotopic (exact) mass is 1340 g/mol. The van der Waals surface area contributed by atoms with Crippen LogP contribution in [0.4, 0.5) is 34.1 Å². The third-order valence-corrected chi connectivity index (χ3v) is 20.3. The van der Waals surface area contributed by atoms with Gasteiger partial charge < -0.3 is 28.6 Å². The van der Waals surface area contributed by atoms with Crippen molar-refractivity contribution >= 4 is 123 Å². The van der Waals surface area contributed by atoms with Crippen molar-refractivity contribution in [2.45, 2.75) is 52.4 Å². The van der Waals surface area contributed by atoms with E-state index in [1.807, 2.05) is 119 Å². The molecule has 0 saturated heterocycles. The number of phenolic OH excluding ortho intramolecular Hbond substituents is 1. The minimum absolute atomic E-state index is 0.00657. The third kappa shape index (κ3) is 9.57.